The molecule has 104 valence electrons. The van der Waals surface area contributed by atoms with Crippen LogP contribution in [-0.2, 0) is 11.3 Å². The quantitative estimate of drug-likeness (QED) is 0.835. The minimum atomic E-state index is 0.424. The van der Waals surface area contributed by atoms with E-state index in [4.69, 9.17) is 9.15 Å². The van der Waals surface area contributed by atoms with E-state index >= 15 is 0 Å². The van der Waals surface area contributed by atoms with Crippen LogP contribution in [0.5, 0.6) is 0 Å². The van der Waals surface area contributed by atoms with Gasteiger partial charge in [-0.05, 0) is 25.7 Å². The highest BCUT2D eigenvalue weighted by atomic mass is 16.5. The minimum absolute atomic E-state index is 0.424. The van der Waals surface area contributed by atoms with Gasteiger partial charge < -0.3 is 9.15 Å². The number of nitrogens with zero attached hydrogens (tertiary/aromatic N) is 3. The molecule has 2 atom stereocenters. The first-order valence-corrected chi connectivity index (χ1v) is 7.58. The summed E-state index contributed by atoms with van der Waals surface area (Å²) in [6.07, 6.45) is 7.92. The molecule has 2 saturated carbocycles. The van der Waals surface area contributed by atoms with Crippen LogP contribution < -0.4 is 0 Å². The smallest absolute Gasteiger partial charge is 0.230 e. The maximum atomic E-state index is 5.89. The Morgan fingerprint density at radius 1 is 1.11 bits per heavy atom. The van der Waals surface area contributed by atoms with Gasteiger partial charge >= 0.3 is 0 Å². The maximum Gasteiger partial charge on any atom is 0.230 e. The Kier molecular flexibility index (Phi) is 3.04. The Labute approximate surface area is 113 Å². The van der Waals surface area contributed by atoms with Crippen molar-refractivity contribution in [3.05, 3.63) is 11.8 Å². The monoisotopic (exact) mass is 263 g/mol. The molecule has 4 rings (SSSR count). The number of ether oxygens (including phenoxy) is 1. The van der Waals surface area contributed by atoms with Crippen molar-refractivity contribution in [1.29, 1.82) is 0 Å². The summed E-state index contributed by atoms with van der Waals surface area (Å²) >= 11 is 0. The summed E-state index contributed by atoms with van der Waals surface area (Å²) in [5.74, 6) is 2.19. The molecule has 0 N–H and O–H groups in total. The number of rotatable bonds is 3. The Morgan fingerprint density at radius 2 is 2.00 bits per heavy atom. The van der Waals surface area contributed by atoms with E-state index in [1.54, 1.807) is 0 Å². The zero-order valence-corrected chi connectivity index (χ0v) is 11.3. The van der Waals surface area contributed by atoms with Gasteiger partial charge in [-0.1, -0.05) is 12.8 Å². The third-order valence-corrected chi connectivity index (χ3v) is 4.59. The second-order valence-electron chi connectivity index (χ2n) is 6.04. The lowest BCUT2D eigenvalue weighted by molar-refractivity contribution is -0.0931. The van der Waals surface area contributed by atoms with Crippen LogP contribution in [0.4, 0.5) is 0 Å². The van der Waals surface area contributed by atoms with Crippen LogP contribution >= 0.6 is 0 Å². The third-order valence-electron chi connectivity index (χ3n) is 4.59. The van der Waals surface area contributed by atoms with E-state index in [0.717, 1.165) is 31.5 Å². The van der Waals surface area contributed by atoms with Crippen molar-refractivity contribution in [3.8, 4) is 0 Å². The number of aromatic nitrogens is 2. The molecule has 0 amide bonds. The average molecular weight is 263 g/mol. The van der Waals surface area contributed by atoms with E-state index in [-0.39, 0.29) is 0 Å². The fraction of sp³-hybridized carbons (Fsp3) is 0.857. The summed E-state index contributed by atoms with van der Waals surface area (Å²) in [6.45, 7) is 2.62. The minimum Gasteiger partial charge on any atom is -0.424 e. The van der Waals surface area contributed by atoms with Crippen LogP contribution in [0, 0.1) is 0 Å². The number of hydrogen-bond donors (Lipinski definition) is 0. The Bertz CT molecular complexity index is 442. The zero-order valence-electron chi connectivity index (χ0n) is 11.3. The van der Waals surface area contributed by atoms with Crippen LogP contribution in [0.2, 0.25) is 0 Å². The van der Waals surface area contributed by atoms with Crippen molar-refractivity contribution in [3.63, 3.8) is 0 Å². The molecule has 1 aromatic heterocycles. The molecule has 3 aliphatic rings. The highest BCUT2D eigenvalue weighted by molar-refractivity contribution is 5.00. The van der Waals surface area contributed by atoms with E-state index < -0.39 is 0 Å². The molecule has 19 heavy (non-hydrogen) atoms. The predicted octanol–water partition coefficient (Wildman–Crippen LogP) is 2.09. The molecule has 0 bridgehead atoms. The summed E-state index contributed by atoms with van der Waals surface area (Å²) in [6, 6.07) is 0.554. The van der Waals surface area contributed by atoms with Crippen LogP contribution in [0.15, 0.2) is 4.42 Å². The summed E-state index contributed by atoms with van der Waals surface area (Å²) in [7, 11) is 0. The van der Waals surface area contributed by atoms with E-state index in [1.807, 2.05) is 0 Å². The van der Waals surface area contributed by atoms with E-state index in [1.165, 1.54) is 38.5 Å². The van der Waals surface area contributed by atoms with Gasteiger partial charge in [-0.25, -0.2) is 0 Å². The summed E-state index contributed by atoms with van der Waals surface area (Å²) in [5, 5.41) is 8.38. The standard InChI is InChI=1S/C14H21N3O2/c1-2-4-12-11(3-1)17(7-8-18-12)9-13-15-16-14(19-13)10-5-6-10/h10-12H,1-9H2/t11-,12-/m1/s1. The number of fused-ring (bicyclic) bond motifs is 1. The molecule has 0 radical (unpaired) electrons. The number of hydrogen-bond acceptors (Lipinski definition) is 5. The third kappa shape index (κ3) is 2.41. The molecule has 1 aliphatic heterocycles. The highest BCUT2D eigenvalue weighted by Gasteiger charge is 2.35. The van der Waals surface area contributed by atoms with Crippen LogP contribution in [-0.4, -0.2) is 40.4 Å². The lowest BCUT2D eigenvalue weighted by Gasteiger charge is -2.43. The van der Waals surface area contributed by atoms with E-state index in [2.05, 4.69) is 15.1 Å². The topological polar surface area (TPSA) is 51.4 Å². The lowest BCUT2D eigenvalue weighted by atomic mass is 9.90. The van der Waals surface area contributed by atoms with Gasteiger partial charge in [0, 0.05) is 18.5 Å². The largest absolute Gasteiger partial charge is 0.424 e. The Morgan fingerprint density at radius 3 is 2.89 bits per heavy atom. The summed E-state index contributed by atoms with van der Waals surface area (Å²) in [4.78, 5) is 2.48. The van der Waals surface area contributed by atoms with Crippen LogP contribution in [0.25, 0.3) is 0 Å². The SMILES string of the molecule is C1CC[C@H]2OCCN(Cc3nnc(C4CC4)o3)[C@@H]2C1. The molecule has 1 saturated heterocycles. The van der Waals surface area contributed by atoms with Gasteiger partial charge in [-0.3, -0.25) is 4.90 Å². The van der Waals surface area contributed by atoms with Crippen molar-refractivity contribution < 1.29 is 9.15 Å². The van der Waals surface area contributed by atoms with Crippen LogP contribution in [0.3, 0.4) is 0 Å². The van der Waals surface area contributed by atoms with Gasteiger partial charge in [-0.2, -0.15) is 0 Å². The predicted molar refractivity (Wildman–Crippen MR) is 68.7 cm³/mol. The maximum absolute atomic E-state index is 5.89. The molecule has 2 aliphatic carbocycles. The lowest BCUT2D eigenvalue weighted by Crippen LogP contribution is -2.52. The van der Waals surface area contributed by atoms with Crippen molar-refractivity contribution in [2.24, 2.45) is 0 Å². The van der Waals surface area contributed by atoms with Crippen molar-refractivity contribution in [2.45, 2.75) is 63.1 Å². The normalized spacial score (nSPS) is 32.2. The second-order valence-corrected chi connectivity index (χ2v) is 6.04. The Balaban J connectivity index is 1.44. The fourth-order valence-electron chi connectivity index (χ4n) is 3.37. The fourth-order valence-corrected chi connectivity index (χ4v) is 3.37. The van der Waals surface area contributed by atoms with Gasteiger partial charge in [0.15, 0.2) is 0 Å². The molecule has 5 heteroatoms. The molecule has 2 heterocycles. The van der Waals surface area contributed by atoms with Crippen molar-refractivity contribution in [1.82, 2.24) is 15.1 Å². The first-order valence-electron chi connectivity index (χ1n) is 7.58. The van der Waals surface area contributed by atoms with Crippen molar-refractivity contribution >= 4 is 0 Å². The second kappa shape index (κ2) is 4.87. The van der Waals surface area contributed by atoms with Gasteiger partial charge in [0.2, 0.25) is 11.8 Å². The zero-order chi connectivity index (χ0) is 12.7. The molecule has 3 fully saturated rings. The summed E-state index contributed by atoms with van der Waals surface area (Å²) < 4.78 is 11.7. The summed E-state index contributed by atoms with van der Waals surface area (Å²) in [5.41, 5.74) is 0. The molecule has 0 unspecified atom stereocenters. The Hall–Kier alpha value is -0.940. The van der Waals surface area contributed by atoms with Gasteiger partial charge in [0.05, 0.1) is 19.3 Å². The molecule has 0 aromatic carbocycles. The molecule has 1 aromatic rings. The van der Waals surface area contributed by atoms with Gasteiger partial charge in [0.1, 0.15) is 0 Å². The molecule has 5 nitrogen and oxygen atoms in total. The first-order chi connectivity index (χ1) is 9.40. The van der Waals surface area contributed by atoms with Crippen LogP contribution in [0.1, 0.15) is 56.2 Å². The molecule has 0 spiro atoms. The van der Waals surface area contributed by atoms with Crippen molar-refractivity contribution in [2.75, 3.05) is 13.2 Å². The average Bonchev–Trinajstić information content (AvgIpc) is 3.20. The first kappa shape index (κ1) is 11.9. The highest BCUT2D eigenvalue weighted by Crippen LogP contribution is 2.39. The molecular weight excluding hydrogens is 242 g/mol. The number of morpholine rings is 1. The van der Waals surface area contributed by atoms with Gasteiger partial charge in [-0.15, -0.1) is 10.2 Å². The van der Waals surface area contributed by atoms with Gasteiger partial charge in [0.25, 0.3) is 0 Å². The van der Waals surface area contributed by atoms with E-state index in [0.29, 0.717) is 18.1 Å². The van der Waals surface area contributed by atoms with E-state index in [9.17, 15) is 0 Å². The molecular formula is C14H21N3O2.